The summed E-state index contributed by atoms with van der Waals surface area (Å²) in [5.74, 6) is 0.683. The average Bonchev–Trinajstić information content (AvgIpc) is 2.63. The first-order valence-electron chi connectivity index (χ1n) is 7.66. The van der Waals surface area contributed by atoms with Crippen molar-refractivity contribution in [1.82, 2.24) is 15.0 Å². The molecule has 26 heavy (non-hydrogen) atoms. The van der Waals surface area contributed by atoms with Gasteiger partial charge >= 0.3 is 5.69 Å². The highest BCUT2D eigenvalue weighted by Gasteiger charge is 2.24. The minimum Gasteiger partial charge on any atom is -0.495 e. The Morgan fingerprint density at radius 2 is 1.77 bits per heavy atom. The van der Waals surface area contributed by atoms with Crippen LogP contribution < -0.4 is 15.4 Å². The molecule has 0 aliphatic heterocycles. The van der Waals surface area contributed by atoms with Crippen LogP contribution in [0.1, 0.15) is 5.56 Å². The van der Waals surface area contributed by atoms with Crippen molar-refractivity contribution in [3.8, 4) is 5.75 Å². The predicted octanol–water partition coefficient (Wildman–Crippen LogP) is 3.58. The molecule has 3 rings (SSSR count). The minimum atomic E-state index is -0.534. The average molecular weight is 352 g/mol. The molecule has 0 amide bonds. The van der Waals surface area contributed by atoms with E-state index in [0.717, 1.165) is 5.56 Å². The number of methoxy groups -OCH3 is 1. The third kappa shape index (κ3) is 3.66. The topological polar surface area (TPSA) is 115 Å². The number of aromatic nitrogens is 3. The lowest BCUT2D eigenvalue weighted by molar-refractivity contribution is -0.383. The van der Waals surface area contributed by atoms with Crippen molar-refractivity contribution >= 4 is 28.7 Å². The zero-order chi connectivity index (χ0) is 18.5. The zero-order valence-corrected chi connectivity index (χ0v) is 14.1. The Kier molecular flexibility index (Phi) is 4.88. The molecule has 0 aliphatic rings. The molecule has 9 nitrogen and oxygen atoms in total. The Morgan fingerprint density at radius 1 is 1.08 bits per heavy atom. The van der Waals surface area contributed by atoms with Crippen LogP contribution in [0.3, 0.4) is 0 Å². The molecule has 9 heteroatoms. The lowest BCUT2D eigenvalue weighted by Gasteiger charge is -2.13. The zero-order valence-electron chi connectivity index (χ0n) is 14.1. The van der Waals surface area contributed by atoms with Gasteiger partial charge in [0.2, 0.25) is 11.6 Å². The first-order chi connectivity index (χ1) is 12.6. The Morgan fingerprint density at radius 3 is 2.42 bits per heavy atom. The van der Waals surface area contributed by atoms with Gasteiger partial charge in [0.25, 0.3) is 0 Å². The number of anilines is 4. The molecule has 0 spiro atoms. The first-order valence-corrected chi connectivity index (χ1v) is 7.66. The summed E-state index contributed by atoms with van der Waals surface area (Å²) in [6.45, 7) is 1.91. The van der Waals surface area contributed by atoms with Crippen LogP contribution in [-0.4, -0.2) is 27.0 Å². The van der Waals surface area contributed by atoms with Gasteiger partial charge in [-0.15, -0.1) is 0 Å². The fraction of sp³-hybridized carbons (Fsp3) is 0.118. The van der Waals surface area contributed by atoms with Crippen LogP contribution >= 0.6 is 0 Å². The highest BCUT2D eigenvalue weighted by Crippen LogP contribution is 2.35. The third-order valence-electron chi connectivity index (χ3n) is 3.56. The maximum atomic E-state index is 11.6. The smallest absolute Gasteiger partial charge is 0.353 e. The van der Waals surface area contributed by atoms with Crippen molar-refractivity contribution in [3.63, 3.8) is 0 Å². The molecule has 0 bridgehead atoms. The Balaban J connectivity index is 2.01. The van der Waals surface area contributed by atoms with E-state index in [-0.39, 0.29) is 17.3 Å². The van der Waals surface area contributed by atoms with E-state index >= 15 is 0 Å². The standard InChI is InChI=1S/C17H16N6O3/c1-11-3-4-14(26-2)13(9-11)22-17-15(23(24)25)16(19-10-20-17)21-12-5-7-18-8-6-12/h3-10H,1-2H3,(H2,18,19,20,21,22). The summed E-state index contributed by atoms with van der Waals surface area (Å²) in [7, 11) is 1.53. The van der Waals surface area contributed by atoms with Gasteiger partial charge in [0.1, 0.15) is 12.1 Å². The molecule has 3 aromatic rings. The first kappa shape index (κ1) is 17.1. The number of ether oxygens (including phenoxy) is 1. The van der Waals surface area contributed by atoms with Gasteiger partial charge in [-0.3, -0.25) is 15.1 Å². The molecular weight excluding hydrogens is 336 g/mol. The quantitative estimate of drug-likeness (QED) is 0.511. The van der Waals surface area contributed by atoms with Crippen LogP contribution in [0.25, 0.3) is 0 Å². The number of nitro groups is 1. The molecule has 2 aromatic heterocycles. The molecule has 2 heterocycles. The summed E-state index contributed by atoms with van der Waals surface area (Å²) in [4.78, 5) is 23.1. The SMILES string of the molecule is COc1ccc(C)cc1Nc1ncnc(Nc2ccncc2)c1[N+](=O)[O-]. The van der Waals surface area contributed by atoms with Crippen LogP contribution in [0.4, 0.5) is 28.7 Å². The summed E-state index contributed by atoms with van der Waals surface area (Å²) in [5, 5.41) is 17.5. The van der Waals surface area contributed by atoms with Crippen molar-refractivity contribution in [3.05, 3.63) is 64.7 Å². The van der Waals surface area contributed by atoms with Crippen molar-refractivity contribution in [1.29, 1.82) is 0 Å². The molecule has 0 saturated carbocycles. The van der Waals surface area contributed by atoms with E-state index < -0.39 is 4.92 Å². The maximum Gasteiger partial charge on any atom is 0.353 e. The molecule has 0 fully saturated rings. The molecule has 0 saturated heterocycles. The van der Waals surface area contributed by atoms with Gasteiger partial charge in [0.15, 0.2) is 0 Å². The van der Waals surface area contributed by atoms with Gasteiger partial charge in [0, 0.05) is 18.1 Å². The molecule has 2 N–H and O–H groups in total. The van der Waals surface area contributed by atoms with Crippen LogP contribution in [0.5, 0.6) is 5.75 Å². The summed E-state index contributed by atoms with van der Waals surface area (Å²) in [6, 6.07) is 8.85. The van der Waals surface area contributed by atoms with Gasteiger partial charge in [-0.25, -0.2) is 9.97 Å². The fourth-order valence-electron chi connectivity index (χ4n) is 2.35. The van der Waals surface area contributed by atoms with Crippen molar-refractivity contribution in [2.75, 3.05) is 17.7 Å². The number of hydrogen-bond acceptors (Lipinski definition) is 8. The van der Waals surface area contributed by atoms with E-state index in [1.807, 2.05) is 19.1 Å². The van der Waals surface area contributed by atoms with Crippen molar-refractivity contribution in [2.24, 2.45) is 0 Å². The number of hydrogen-bond donors (Lipinski definition) is 2. The van der Waals surface area contributed by atoms with E-state index in [2.05, 4.69) is 25.6 Å². The molecule has 1 aromatic carbocycles. The Labute approximate surface area is 149 Å². The number of aryl methyl sites for hydroxylation is 1. The van der Waals surface area contributed by atoms with Gasteiger partial charge in [-0.2, -0.15) is 0 Å². The van der Waals surface area contributed by atoms with E-state index in [0.29, 0.717) is 17.1 Å². The summed E-state index contributed by atoms with van der Waals surface area (Å²) >= 11 is 0. The predicted molar refractivity (Wildman–Crippen MR) is 97.2 cm³/mol. The van der Waals surface area contributed by atoms with Gasteiger partial charge in [0.05, 0.1) is 17.7 Å². The molecule has 0 unspecified atom stereocenters. The second-order valence-electron chi connectivity index (χ2n) is 5.37. The van der Waals surface area contributed by atoms with Gasteiger partial charge in [-0.1, -0.05) is 6.07 Å². The maximum absolute atomic E-state index is 11.6. The van der Waals surface area contributed by atoms with Crippen LogP contribution in [0.2, 0.25) is 0 Å². The van der Waals surface area contributed by atoms with Crippen LogP contribution in [0.15, 0.2) is 49.1 Å². The number of rotatable bonds is 6. The molecule has 0 radical (unpaired) electrons. The lowest BCUT2D eigenvalue weighted by atomic mass is 10.2. The number of nitrogens with zero attached hydrogens (tertiary/aromatic N) is 4. The molecule has 0 atom stereocenters. The molecular formula is C17H16N6O3. The largest absolute Gasteiger partial charge is 0.495 e. The lowest BCUT2D eigenvalue weighted by Crippen LogP contribution is -2.06. The van der Waals surface area contributed by atoms with Crippen LogP contribution in [0, 0.1) is 17.0 Å². The third-order valence-corrected chi connectivity index (χ3v) is 3.56. The minimum absolute atomic E-state index is 0.0606. The van der Waals surface area contributed by atoms with E-state index in [4.69, 9.17) is 4.74 Å². The van der Waals surface area contributed by atoms with Crippen molar-refractivity contribution < 1.29 is 9.66 Å². The fourth-order valence-corrected chi connectivity index (χ4v) is 2.35. The van der Waals surface area contributed by atoms with E-state index in [1.54, 1.807) is 30.6 Å². The number of pyridine rings is 1. The van der Waals surface area contributed by atoms with Crippen LogP contribution in [-0.2, 0) is 0 Å². The highest BCUT2D eigenvalue weighted by atomic mass is 16.6. The number of benzene rings is 1. The molecule has 132 valence electrons. The monoisotopic (exact) mass is 352 g/mol. The normalized spacial score (nSPS) is 10.2. The van der Waals surface area contributed by atoms with Gasteiger partial charge < -0.3 is 15.4 Å². The second-order valence-corrected chi connectivity index (χ2v) is 5.37. The molecule has 0 aliphatic carbocycles. The second kappa shape index (κ2) is 7.43. The van der Waals surface area contributed by atoms with E-state index in [9.17, 15) is 10.1 Å². The van der Waals surface area contributed by atoms with E-state index in [1.165, 1.54) is 13.4 Å². The highest BCUT2D eigenvalue weighted by molar-refractivity contribution is 5.78. The Hall–Kier alpha value is -3.75. The van der Waals surface area contributed by atoms with Gasteiger partial charge in [-0.05, 0) is 36.8 Å². The van der Waals surface area contributed by atoms with Crippen molar-refractivity contribution in [2.45, 2.75) is 6.92 Å². The Bertz CT molecular complexity index is 933. The summed E-state index contributed by atoms with van der Waals surface area (Å²) in [6.07, 6.45) is 4.40. The summed E-state index contributed by atoms with van der Waals surface area (Å²) < 4.78 is 5.30. The summed E-state index contributed by atoms with van der Waals surface area (Å²) in [5.41, 5.74) is 1.90. The number of nitrogens with one attached hydrogen (secondary N) is 2.